The van der Waals surface area contributed by atoms with E-state index >= 15 is 0 Å². The predicted molar refractivity (Wildman–Crippen MR) is 70.3 cm³/mol. The zero-order chi connectivity index (χ0) is 13.7. The maximum absolute atomic E-state index is 11.7. The van der Waals surface area contributed by atoms with Gasteiger partial charge in [0.05, 0.1) is 26.2 Å². The van der Waals surface area contributed by atoms with E-state index in [2.05, 4.69) is 4.98 Å². The van der Waals surface area contributed by atoms with Crippen molar-refractivity contribution in [1.82, 2.24) is 9.55 Å². The van der Waals surface area contributed by atoms with E-state index in [-0.39, 0.29) is 5.97 Å². The van der Waals surface area contributed by atoms with Gasteiger partial charge in [-0.1, -0.05) is 12.1 Å². The third-order valence-electron chi connectivity index (χ3n) is 2.71. The van der Waals surface area contributed by atoms with Crippen molar-refractivity contribution in [3.8, 4) is 5.75 Å². The van der Waals surface area contributed by atoms with Gasteiger partial charge in [-0.3, -0.25) is 0 Å². The van der Waals surface area contributed by atoms with Gasteiger partial charge in [0.2, 0.25) is 0 Å². The molecule has 1 aromatic carbocycles. The second kappa shape index (κ2) is 6.04. The number of hydrogen-bond donors (Lipinski definition) is 0. The van der Waals surface area contributed by atoms with Crippen molar-refractivity contribution in [2.24, 2.45) is 0 Å². The molecule has 5 heteroatoms. The largest absolute Gasteiger partial charge is 0.497 e. The van der Waals surface area contributed by atoms with Crippen molar-refractivity contribution in [3.63, 3.8) is 0 Å². The van der Waals surface area contributed by atoms with Gasteiger partial charge in [0.15, 0.2) is 0 Å². The summed E-state index contributed by atoms with van der Waals surface area (Å²) < 4.78 is 11.9. The molecule has 100 valence electrons. The van der Waals surface area contributed by atoms with Crippen LogP contribution in [0.4, 0.5) is 0 Å². The quantitative estimate of drug-likeness (QED) is 0.773. The number of rotatable bonds is 5. The number of esters is 1. The molecule has 0 aliphatic carbocycles. The summed E-state index contributed by atoms with van der Waals surface area (Å²) in [6.45, 7) is 2.70. The minimum absolute atomic E-state index is 0.353. The molecular weight excluding hydrogens is 244 g/mol. The van der Waals surface area contributed by atoms with E-state index in [0.29, 0.717) is 18.8 Å². The molecule has 2 aromatic rings. The molecule has 0 aliphatic heterocycles. The first-order chi connectivity index (χ1) is 9.24. The molecule has 1 heterocycles. The highest BCUT2D eigenvalue weighted by Gasteiger charge is 2.12. The zero-order valence-corrected chi connectivity index (χ0v) is 11.0. The summed E-state index contributed by atoms with van der Waals surface area (Å²) in [5, 5.41) is 0. The molecule has 0 N–H and O–H groups in total. The lowest BCUT2D eigenvalue weighted by molar-refractivity contribution is 0.0514. The van der Waals surface area contributed by atoms with Gasteiger partial charge in [0.25, 0.3) is 0 Å². The van der Waals surface area contributed by atoms with Crippen LogP contribution in [0.2, 0.25) is 0 Å². The number of ether oxygens (including phenoxy) is 2. The van der Waals surface area contributed by atoms with Crippen molar-refractivity contribution in [2.75, 3.05) is 13.7 Å². The molecule has 0 amide bonds. The first-order valence-electron chi connectivity index (χ1n) is 6.04. The number of nitrogens with zero attached hydrogens (tertiary/aromatic N) is 2. The van der Waals surface area contributed by atoms with Gasteiger partial charge in [0.1, 0.15) is 11.4 Å². The van der Waals surface area contributed by atoms with E-state index in [0.717, 1.165) is 11.3 Å². The molecule has 0 saturated heterocycles. The van der Waals surface area contributed by atoms with Crippen LogP contribution in [0.15, 0.2) is 36.8 Å². The average Bonchev–Trinajstić information content (AvgIpc) is 2.88. The fourth-order valence-electron chi connectivity index (χ4n) is 1.75. The molecule has 5 nitrogen and oxygen atoms in total. The van der Waals surface area contributed by atoms with Gasteiger partial charge < -0.3 is 14.0 Å². The highest BCUT2D eigenvalue weighted by molar-refractivity contribution is 5.87. The monoisotopic (exact) mass is 260 g/mol. The van der Waals surface area contributed by atoms with E-state index < -0.39 is 0 Å². The lowest BCUT2D eigenvalue weighted by Gasteiger charge is -2.08. The molecule has 0 saturated carbocycles. The molecule has 0 bridgehead atoms. The van der Waals surface area contributed by atoms with E-state index in [9.17, 15) is 4.79 Å². The highest BCUT2D eigenvalue weighted by Crippen LogP contribution is 2.13. The summed E-state index contributed by atoms with van der Waals surface area (Å²) >= 11 is 0. The standard InChI is InChI=1S/C14H16N2O3/c1-3-19-14(17)13-8-15-10-16(13)9-11-4-6-12(18-2)7-5-11/h4-8,10H,3,9H2,1-2H3. The van der Waals surface area contributed by atoms with Gasteiger partial charge in [-0.05, 0) is 24.6 Å². The Morgan fingerprint density at radius 2 is 2.05 bits per heavy atom. The topological polar surface area (TPSA) is 53.3 Å². The molecule has 0 aliphatic rings. The third kappa shape index (κ3) is 3.13. The van der Waals surface area contributed by atoms with Crippen molar-refractivity contribution >= 4 is 5.97 Å². The van der Waals surface area contributed by atoms with Crippen LogP contribution in [0.5, 0.6) is 5.75 Å². The van der Waals surface area contributed by atoms with Crippen LogP contribution in [0, 0.1) is 0 Å². The summed E-state index contributed by atoms with van der Waals surface area (Å²) in [5.74, 6) is 0.452. The Hall–Kier alpha value is -2.30. The van der Waals surface area contributed by atoms with E-state index in [1.165, 1.54) is 6.20 Å². The lowest BCUT2D eigenvalue weighted by atomic mass is 10.2. The number of methoxy groups -OCH3 is 1. The van der Waals surface area contributed by atoms with Crippen LogP contribution >= 0.6 is 0 Å². The van der Waals surface area contributed by atoms with Gasteiger partial charge in [-0.25, -0.2) is 9.78 Å². The first kappa shape index (κ1) is 13.1. The summed E-state index contributed by atoms with van der Waals surface area (Å²) in [5.41, 5.74) is 1.52. The number of aromatic nitrogens is 2. The first-order valence-corrected chi connectivity index (χ1v) is 6.04. The molecule has 0 spiro atoms. The average molecular weight is 260 g/mol. The SMILES string of the molecule is CCOC(=O)c1cncn1Cc1ccc(OC)cc1. The minimum Gasteiger partial charge on any atom is -0.497 e. The fraction of sp³-hybridized carbons (Fsp3) is 0.286. The number of hydrogen-bond acceptors (Lipinski definition) is 4. The third-order valence-corrected chi connectivity index (χ3v) is 2.71. The Balaban J connectivity index is 2.14. The molecule has 1 aromatic heterocycles. The van der Waals surface area contributed by atoms with E-state index in [4.69, 9.17) is 9.47 Å². The van der Waals surface area contributed by atoms with Crippen LogP contribution in [0.3, 0.4) is 0 Å². The lowest BCUT2D eigenvalue weighted by Crippen LogP contribution is -2.12. The summed E-state index contributed by atoms with van der Waals surface area (Å²) in [4.78, 5) is 15.7. The molecule has 0 radical (unpaired) electrons. The van der Waals surface area contributed by atoms with Crippen LogP contribution in [0.1, 0.15) is 23.0 Å². The second-order valence-corrected chi connectivity index (χ2v) is 3.98. The molecule has 0 atom stereocenters. The van der Waals surface area contributed by atoms with Crippen LogP contribution in [0.25, 0.3) is 0 Å². The number of carbonyl (C=O) groups excluding carboxylic acids is 1. The van der Waals surface area contributed by atoms with Gasteiger partial charge >= 0.3 is 5.97 Å². The van der Waals surface area contributed by atoms with Crippen LogP contribution in [-0.4, -0.2) is 29.2 Å². The summed E-state index contributed by atoms with van der Waals surface area (Å²) in [7, 11) is 1.63. The number of imidazole rings is 1. The maximum Gasteiger partial charge on any atom is 0.356 e. The zero-order valence-electron chi connectivity index (χ0n) is 11.0. The van der Waals surface area contributed by atoms with Crippen molar-refractivity contribution in [3.05, 3.63) is 48.0 Å². The van der Waals surface area contributed by atoms with Crippen LogP contribution in [-0.2, 0) is 11.3 Å². The van der Waals surface area contributed by atoms with Gasteiger partial charge in [0, 0.05) is 6.54 Å². The Morgan fingerprint density at radius 3 is 2.68 bits per heavy atom. The number of carbonyl (C=O) groups is 1. The Bertz CT molecular complexity index is 546. The van der Waals surface area contributed by atoms with E-state index in [1.54, 1.807) is 24.9 Å². The molecular formula is C14H16N2O3. The summed E-state index contributed by atoms with van der Waals surface area (Å²) in [6, 6.07) is 7.67. The van der Waals surface area contributed by atoms with Crippen molar-refractivity contribution in [2.45, 2.75) is 13.5 Å². The van der Waals surface area contributed by atoms with Gasteiger partial charge in [-0.2, -0.15) is 0 Å². The predicted octanol–water partition coefficient (Wildman–Crippen LogP) is 2.12. The smallest absolute Gasteiger partial charge is 0.356 e. The molecule has 0 unspecified atom stereocenters. The molecule has 19 heavy (non-hydrogen) atoms. The Morgan fingerprint density at radius 1 is 1.32 bits per heavy atom. The molecule has 0 fully saturated rings. The highest BCUT2D eigenvalue weighted by atomic mass is 16.5. The Kier molecular flexibility index (Phi) is 4.18. The summed E-state index contributed by atoms with van der Waals surface area (Å²) in [6.07, 6.45) is 3.14. The van der Waals surface area contributed by atoms with E-state index in [1.807, 2.05) is 24.3 Å². The minimum atomic E-state index is -0.353. The fourth-order valence-corrected chi connectivity index (χ4v) is 1.75. The Labute approximate surface area is 111 Å². The van der Waals surface area contributed by atoms with Crippen molar-refractivity contribution < 1.29 is 14.3 Å². The maximum atomic E-state index is 11.7. The second-order valence-electron chi connectivity index (χ2n) is 3.98. The van der Waals surface area contributed by atoms with Crippen molar-refractivity contribution in [1.29, 1.82) is 0 Å². The van der Waals surface area contributed by atoms with Gasteiger partial charge in [-0.15, -0.1) is 0 Å². The van der Waals surface area contributed by atoms with Crippen LogP contribution < -0.4 is 4.74 Å². The molecule has 2 rings (SSSR count). The number of benzene rings is 1. The normalized spacial score (nSPS) is 10.2.